The first-order valence-corrected chi connectivity index (χ1v) is 14.5. The van der Waals surface area contributed by atoms with E-state index in [0.717, 1.165) is 27.0 Å². The third-order valence-corrected chi connectivity index (χ3v) is 7.11. The van der Waals surface area contributed by atoms with Crippen LogP contribution >= 0.6 is 22.7 Å². The van der Waals surface area contributed by atoms with Crippen molar-refractivity contribution in [3.05, 3.63) is 141 Å². The van der Waals surface area contributed by atoms with E-state index in [4.69, 9.17) is 0 Å². The molecule has 15 heteroatoms. The van der Waals surface area contributed by atoms with Gasteiger partial charge in [-0.05, 0) is 24.3 Å². The molecule has 0 aromatic carbocycles. The van der Waals surface area contributed by atoms with E-state index in [1.165, 1.54) is 11.3 Å². The first kappa shape index (κ1) is 27.4. The maximum atomic E-state index is 4.08. The number of hydrogen-bond acceptors (Lipinski definition) is 10. The minimum Gasteiger partial charge on any atom is -0.307 e. The van der Waals surface area contributed by atoms with Crippen molar-refractivity contribution in [2.24, 2.45) is 0 Å². The third kappa shape index (κ3) is 7.10. The summed E-state index contributed by atoms with van der Waals surface area (Å²) >= 11 is 3.18. The lowest BCUT2D eigenvalue weighted by Crippen LogP contribution is -1.82. The highest BCUT2D eigenvalue weighted by Crippen LogP contribution is 2.06. The molecule has 43 heavy (non-hydrogen) atoms. The molecule has 0 aliphatic rings. The van der Waals surface area contributed by atoms with Gasteiger partial charge in [-0.15, -0.1) is 11.3 Å². The van der Waals surface area contributed by atoms with Crippen LogP contribution in [0, 0.1) is 0 Å². The molecule has 0 bridgehead atoms. The van der Waals surface area contributed by atoms with Crippen molar-refractivity contribution in [3.63, 3.8) is 0 Å². The summed E-state index contributed by atoms with van der Waals surface area (Å²) in [6, 6.07) is 9.66. The zero-order valence-electron chi connectivity index (χ0n) is 22.4. The molecule has 10 aromatic heterocycles. The van der Waals surface area contributed by atoms with E-state index in [2.05, 4.69) is 40.0 Å². The number of imidazole rings is 5. The highest BCUT2D eigenvalue weighted by atomic mass is 32.1. The fraction of sp³-hybridized carbons (Fsp3) is 0. The van der Waals surface area contributed by atoms with Gasteiger partial charge in [0.1, 0.15) is 23.1 Å². The SMILES string of the molecule is c1cc2nccn2cn1.c1ccn2ccnc2c1.c1cn2ccsc2n1.c1cn2ncsc2n1.c1cnc2nccn2c1. The lowest BCUT2D eigenvalue weighted by atomic mass is 10.5. The summed E-state index contributed by atoms with van der Waals surface area (Å²) in [6.45, 7) is 0. The van der Waals surface area contributed by atoms with Gasteiger partial charge in [0.05, 0.1) is 6.20 Å². The van der Waals surface area contributed by atoms with Gasteiger partial charge in [-0.2, -0.15) is 5.10 Å². The zero-order chi connectivity index (χ0) is 29.1. The second-order valence-corrected chi connectivity index (χ2v) is 10.0. The predicted molar refractivity (Wildman–Crippen MR) is 165 cm³/mol. The van der Waals surface area contributed by atoms with Gasteiger partial charge < -0.3 is 4.40 Å². The third-order valence-electron chi connectivity index (χ3n) is 5.62. The Morgan fingerprint density at radius 3 is 2.05 bits per heavy atom. The smallest absolute Gasteiger partial charge is 0.233 e. The molecule has 0 radical (unpaired) electrons. The Morgan fingerprint density at radius 2 is 1.21 bits per heavy atom. The van der Waals surface area contributed by atoms with Crippen molar-refractivity contribution in [2.75, 3.05) is 0 Å². The van der Waals surface area contributed by atoms with Gasteiger partial charge in [-0.1, -0.05) is 17.4 Å². The number of rotatable bonds is 0. The van der Waals surface area contributed by atoms with Crippen LogP contribution < -0.4 is 0 Å². The van der Waals surface area contributed by atoms with E-state index < -0.39 is 0 Å². The number of hydrogen-bond donors (Lipinski definition) is 0. The fourth-order valence-corrected chi connectivity index (χ4v) is 4.89. The summed E-state index contributed by atoms with van der Waals surface area (Å²) in [5.74, 6) is 0.748. The second kappa shape index (κ2) is 13.7. The van der Waals surface area contributed by atoms with Gasteiger partial charge in [0.2, 0.25) is 10.7 Å². The molecule has 212 valence electrons. The molecule has 10 heterocycles. The molecule has 0 aliphatic heterocycles. The molecular formula is C28H23N13S2. The molecule has 0 aliphatic carbocycles. The fourth-order valence-electron chi connectivity index (χ4n) is 3.64. The van der Waals surface area contributed by atoms with Crippen molar-refractivity contribution in [1.82, 2.24) is 62.1 Å². The number of aromatic nitrogens is 13. The standard InChI is InChI=1S/C7H6N2.2C6H5N3.C5H4N2S.C4H3N3S/c1-2-5-9-6-4-8-7(9)3-1;1-2-7-5-9-4-3-8-6(1)9;1-2-7-6-8-3-5-9(6)4-1;1-2-7-3-4-8-5(7)6-1;1-2-7-4(5-1)8-3-6-7/h1-6H;2*1-5H;1-4H;1-3H. The highest BCUT2D eigenvalue weighted by Gasteiger charge is 1.91. The van der Waals surface area contributed by atoms with Crippen LogP contribution in [0.5, 0.6) is 0 Å². The zero-order valence-corrected chi connectivity index (χ0v) is 24.0. The van der Waals surface area contributed by atoms with Crippen molar-refractivity contribution < 1.29 is 0 Å². The van der Waals surface area contributed by atoms with Gasteiger partial charge in [0.15, 0.2) is 4.96 Å². The van der Waals surface area contributed by atoms with Crippen LogP contribution in [0.2, 0.25) is 0 Å². The lowest BCUT2D eigenvalue weighted by molar-refractivity contribution is 0.974. The Labute approximate surface area is 251 Å². The number of fused-ring (bicyclic) bond motifs is 5. The van der Waals surface area contributed by atoms with Gasteiger partial charge in [0, 0.05) is 92.1 Å². The first-order chi connectivity index (χ1) is 21.3. The Morgan fingerprint density at radius 1 is 0.488 bits per heavy atom. The van der Waals surface area contributed by atoms with Crippen molar-refractivity contribution >= 4 is 49.7 Å². The topological polar surface area (TPSA) is 125 Å². The molecule has 10 rings (SSSR count). The van der Waals surface area contributed by atoms with Crippen molar-refractivity contribution in [3.8, 4) is 0 Å². The molecule has 0 fully saturated rings. The lowest BCUT2D eigenvalue weighted by Gasteiger charge is -1.86. The summed E-state index contributed by atoms with van der Waals surface area (Å²) in [4.78, 5) is 30.1. The average Bonchev–Trinajstić information content (AvgIpc) is 3.89. The van der Waals surface area contributed by atoms with E-state index in [1.54, 1.807) is 71.1 Å². The van der Waals surface area contributed by atoms with Crippen LogP contribution in [0.1, 0.15) is 0 Å². The van der Waals surface area contributed by atoms with E-state index in [9.17, 15) is 0 Å². The number of nitrogens with zero attached hydrogens (tertiary/aromatic N) is 13. The van der Waals surface area contributed by atoms with E-state index in [-0.39, 0.29) is 0 Å². The van der Waals surface area contributed by atoms with Crippen LogP contribution in [0.25, 0.3) is 27.0 Å². The van der Waals surface area contributed by atoms with E-state index in [1.807, 2.05) is 103 Å². The van der Waals surface area contributed by atoms with Gasteiger partial charge in [-0.25, -0.2) is 39.4 Å². The summed E-state index contributed by atoms with van der Waals surface area (Å²) in [7, 11) is 0. The molecule has 10 aromatic rings. The van der Waals surface area contributed by atoms with Crippen molar-refractivity contribution in [2.45, 2.75) is 0 Å². The quantitative estimate of drug-likeness (QED) is 0.237. The summed E-state index contributed by atoms with van der Waals surface area (Å²) < 4.78 is 9.43. The van der Waals surface area contributed by atoms with Crippen LogP contribution in [-0.4, -0.2) is 62.1 Å². The molecule has 13 nitrogen and oxygen atoms in total. The molecule has 0 atom stereocenters. The Balaban J connectivity index is 0.0000000958. The van der Waals surface area contributed by atoms with Crippen LogP contribution in [-0.2, 0) is 0 Å². The monoisotopic (exact) mass is 605 g/mol. The molecule has 0 unspecified atom stereocenters. The Kier molecular flexibility index (Phi) is 8.73. The average molecular weight is 606 g/mol. The minimum absolute atomic E-state index is 0.748. The van der Waals surface area contributed by atoms with Gasteiger partial charge in [0.25, 0.3) is 0 Å². The van der Waals surface area contributed by atoms with E-state index >= 15 is 0 Å². The highest BCUT2D eigenvalue weighted by molar-refractivity contribution is 7.15. The van der Waals surface area contributed by atoms with Crippen LogP contribution in [0.15, 0.2) is 141 Å². The Bertz CT molecular complexity index is 1840. The number of thiazole rings is 1. The molecule has 0 amide bonds. The molecular weight excluding hydrogens is 583 g/mol. The van der Waals surface area contributed by atoms with E-state index in [0.29, 0.717) is 0 Å². The normalized spacial score (nSPS) is 10.3. The molecule has 0 spiro atoms. The van der Waals surface area contributed by atoms with Crippen LogP contribution in [0.4, 0.5) is 0 Å². The molecule has 0 N–H and O–H groups in total. The molecule has 0 saturated carbocycles. The number of pyridine rings is 1. The Hall–Kier alpha value is -5.80. The first-order valence-electron chi connectivity index (χ1n) is 12.8. The largest absolute Gasteiger partial charge is 0.307 e. The molecule has 0 saturated heterocycles. The maximum absolute atomic E-state index is 4.08. The minimum atomic E-state index is 0.748. The van der Waals surface area contributed by atoms with Crippen molar-refractivity contribution in [1.29, 1.82) is 0 Å². The van der Waals surface area contributed by atoms with Gasteiger partial charge >= 0.3 is 0 Å². The predicted octanol–water partition coefficient (Wildman–Crippen LogP) is 4.98. The summed E-state index contributed by atoms with van der Waals surface area (Å²) in [5, 5.41) is 5.97. The van der Waals surface area contributed by atoms with Crippen LogP contribution in [0.3, 0.4) is 0 Å². The second-order valence-electron chi connectivity index (χ2n) is 8.33. The maximum Gasteiger partial charge on any atom is 0.233 e. The van der Waals surface area contributed by atoms with Gasteiger partial charge in [-0.3, -0.25) is 13.2 Å². The summed E-state index contributed by atoms with van der Waals surface area (Å²) in [5.41, 5.74) is 3.70. The summed E-state index contributed by atoms with van der Waals surface area (Å²) in [6.07, 6.45) is 29.3.